The van der Waals surface area contributed by atoms with Crippen LogP contribution in [0.3, 0.4) is 0 Å². The van der Waals surface area contributed by atoms with E-state index in [1.54, 1.807) is 29.2 Å². The monoisotopic (exact) mass is 586 g/mol. The first-order valence-electron chi connectivity index (χ1n) is 14.7. The van der Waals surface area contributed by atoms with Crippen molar-refractivity contribution in [3.8, 4) is 11.8 Å². The van der Waals surface area contributed by atoms with Gasteiger partial charge in [0.1, 0.15) is 29.5 Å². The summed E-state index contributed by atoms with van der Waals surface area (Å²) < 4.78 is 27.1. The van der Waals surface area contributed by atoms with E-state index in [0.29, 0.717) is 68.3 Å². The van der Waals surface area contributed by atoms with Gasteiger partial charge in [-0.05, 0) is 49.8 Å². The first kappa shape index (κ1) is 28.7. The predicted octanol–water partition coefficient (Wildman–Crippen LogP) is 4.11. The number of halogens is 1. The Morgan fingerprint density at radius 2 is 2.09 bits per heavy atom. The van der Waals surface area contributed by atoms with E-state index in [1.165, 1.54) is 12.1 Å². The summed E-state index contributed by atoms with van der Waals surface area (Å²) in [4.78, 5) is 31.6. The number of ether oxygens (including phenoxy) is 2. The smallest absolute Gasteiger partial charge is 0.319 e. The summed E-state index contributed by atoms with van der Waals surface area (Å²) in [7, 11) is 0. The summed E-state index contributed by atoms with van der Waals surface area (Å²) in [5.74, 6) is 0.247. The fourth-order valence-corrected chi connectivity index (χ4v) is 5.94. The van der Waals surface area contributed by atoms with E-state index in [2.05, 4.69) is 16.3 Å². The summed E-state index contributed by atoms with van der Waals surface area (Å²) in [6.07, 6.45) is 4.03. The molecule has 43 heavy (non-hydrogen) atoms. The Balaban J connectivity index is 1.34. The molecule has 11 heteroatoms. The summed E-state index contributed by atoms with van der Waals surface area (Å²) in [5.41, 5.74) is 2.31. The molecule has 1 aliphatic carbocycles. The summed E-state index contributed by atoms with van der Waals surface area (Å²) in [6, 6.07) is 7.92. The maximum Gasteiger partial charge on any atom is 0.319 e. The standard InChI is InChI=1S/C32H35FN6O4/c1-4-29(41)39-13-12-38(17-22(39)16-34-3)31-25-10-11-37(28-15-23(40)14-21-6-5-7-26(33)30(21)28)18-27(25)35-32(36-31)43-20(2)19-42-24-8-9-24/h4-7,14-15,20,22,24,40H,1,8-13,16-19H2,2H3/t20-,22+/m1/s1. The zero-order chi connectivity index (χ0) is 30.1. The highest BCUT2D eigenvalue weighted by Crippen LogP contribution is 2.38. The largest absolute Gasteiger partial charge is 0.508 e. The van der Waals surface area contributed by atoms with Crippen molar-refractivity contribution in [2.24, 2.45) is 0 Å². The molecule has 6 rings (SSSR count). The van der Waals surface area contributed by atoms with E-state index in [0.717, 1.165) is 29.9 Å². The Labute approximate surface area is 250 Å². The average Bonchev–Trinajstić information content (AvgIpc) is 3.83. The lowest BCUT2D eigenvalue weighted by molar-refractivity contribution is -0.128. The molecule has 224 valence electrons. The number of nitrogens with zero attached hydrogens (tertiary/aromatic N) is 6. The highest BCUT2D eigenvalue weighted by atomic mass is 19.1. The molecule has 3 aromatic rings. The number of anilines is 2. The van der Waals surface area contributed by atoms with Gasteiger partial charge in [0.2, 0.25) is 12.5 Å². The molecule has 2 atom stereocenters. The molecule has 2 aromatic carbocycles. The second-order valence-electron chi connectivity index (χ2n) is 11.4. The van der Waals surface area contributed by atoms with E-state index >= 15 is 4.39 Å². The van der Waals surface area contributed by atoms with Crippen molar-refractivity contribution < 1.29 is 23.8 Å². The second-order valence-corrected chi connectivity index (χ2v) is 11.4. The number of amides is 1. The van der Waals surface area contributed by atoms with Gasteiger partial charge in [0, 0.05) is 43.2 Å². The van der Waals surface area contributed by atoms with Crippen LogP contribution in [0.25, 0.3) is 15.6 Å². The van der Waals surface area contributed by atoms with Crippen molar-refractivity contribution in [1.82, 2.24) is 14.9 Å². The zero-order valence-corrected chi connectivity index (χ0v) is 24.2. The summed E-state index contributed by atoms with van der Waals surface area (Å²) >= 11 is 0. The minimum absolute atomic E-state index is 0.0635. The molecule has 1 amide bonds. The number of carbonyl (C=O) groups is 1. The van der Waals surface area contributed by atoms with E-state index in [4.69, 9.17) is 26.0 Å². The molecular formula is C32H35FN6O4. The van der Waals surface area contributed by atoms with Crippen LogP contribution in [0.4, 0.5) is 15.9 Å². The summed E-state index contributed by atoms with van der Waals surface area (Å²) in [5, 5.41) is 11.5. The molecule has 10 nitrogen and oxygen atoms in total. The van der Waals surface area contributed by atoms with Gasteiger partial charge in [0.05, 0.1) is 30.6 Å². The number of carbonyl (C=O) groups excluding carboxylic acids is 1. The Bertz CT molecular complexity index is 1590. The molecule has 3 heterocycles. The number of benzene rings is 2. The number of aromatic nitrogens is 2. The number of rotatable bonds is 9. The minimum atomic E-state index is -0.354. The van der Waals surface area contributed by atoms with Crippen molar-refractivity contribution >= 4 is 28.2 Å². The number of phenols is 1. The van der Waals surface area contributed by atoms with Crippen LogP contribution in [-0.2, 0) is 22.5 Å². The number of aromatic hydroxyl groups is 1. The Morgan fingerprint density at radius 3 is 2.86 bits per heavy atom. The highest BCUT2D eigenvalue weighted by molar-refractivity contribution is 5.96. The number of piperazine rings is 1. The van der Waals surface area contributed by atoms with Gasteiger partial charge in [0.25, 0.3) is 0 Å². The zero-order valence-electron chi connectivity index (χ0n) is 24.2. The molecule has 3 aliphatic rings. The van der Waals surface area contributed by atoms with E-state index in [9.17, 15) is 9.90 Å². The molecule has 1 N–H and O–H groups in total. The Kier molecular flexibility index (Phi) is 8.04. The molecular weight excluding hydrogens is 551 g/mol. The minimum Gasteiger partial charge on any atom is -0.508 e. The van der Waals surface area contributed by atoms with Gasteiger partial charge < -0.3 is 34.1 Å². The van der Waals surface area contributed by atoms with Crippen LogP contribution in [0.5, 0.6) is 11.8 Å². The first-order chi connectivity index (χ1) is 20.8. The van der Waals surface area contributed by atoms with Crippen LogP contribution in [0.1, 0.15) is 31.0 Å². The molecule has 2 aliphatic heterocycles. The average molecular weight is 587 g/mol. The lowest BCUT2D eigenvalue weighted by Gasteiger charge is -2.41. The van der Waals surface area contributed by atoms with Crippen molar-refractivity contribution in [1.29, 1.82) is 0 Å². The van der Waals surface area contributed by atoms with E-state index in [-0.39, 0.29) is 42.2 Å². The molecule has 1 saturated carbocycles. The van der Waals surface area contributed by atoms with Crippen molar-refractivity contribution in [3.63, 3.8) is 0 Å². The summed E-state index contributed by atoms with van der Waals surface area (Å²) in [6.45, 7) is 15.9. The van der Waals surface area contributed by atoms with Crippen LogP contribution in [0, 0.1) is 12.4 Å². The topological polar surface area (TPSA) is 95.6 Å². The Morgan fingerprint density at radius 1 is 1.26 bits per heavy atom. The van der Waals surface area contributed by atoms with Gasteiger partial charge in [0.15, 0.2) is 0 Å². The lowest BCUT2D eigenvalue weighted by atomic mass is 10.0. The third-order valence-corrected chi connectivity index (χ3v) is 8.19. The second kappa shape index (κ2) is 12.1. The van der Waals surface area contributed by atoms with Gasteiger partial charge in [-0.15, -0.1) is 0 Å². The van der Waals surface area contributed by atoms with Gasteiger partial charge in [-0.3, -0.25) is 4.79 Å². The molecule has 0 radical (unpaired) electrons. The van der Waals surface area contributed by atoms with Crippen molar-refractivity contribution in [2.75, 3.05) is 49.1 Å². The molecule has 0 bridgehead atoms. The molecule has 0 spiro atoms. The van der Waals surface area contributed by atoms with E-state index in [1.807, 2.05) is 11.8 Å². The molecule has 2 fully saturated rings. The van der Waals surface area contributed by atoms with Crippen LogP contribution in [-0.4, -0.2) is 83.5 Å². The van der Waals surface area contributed by atoms with Gasteiger partial charge in [-0.2, -0.15) is 9.97 Å². The third kappa shape index (κ3) is 6.06. The normalized spacial score (nSPS) is 19.1. The highest BCUT2D eigenvalue weighted by Gasteiger charge is 2.35. The third-order valence-electron chi connectivity index (χ3n) is 8.19. The van der Waals surface area contributed by atoms with Crippen LogP contribution < -0.4 is 14.5 Å². The van der Waals surface area contributed by atoms with Crippen molar-refractivity contribution in [2.45, 2.75) is 51.0 Å². The van der Waals surface area contributed by atoms with E-state index < -0.39 is 0 Å². The lowest BCUT2D eigenvalue weighted by Crippen LogP contribution is -2.56. The fraction of sp³-hybridized carbons (Fsp3) is 0.438. The number of hydrogen-bond acceptors (Lipinski definition) is 8. The van der Waals surface area contributed by atoms with Gasteiger partial charge in [-0.25, -0.2) is 11.0 Å². The van der Waals surface area contributed by atoms with Crippen LogP contribution in [0.15, 0.2) is 43.0 Å². The quantitative estimate of drug-likeness (QED) is 0.296. The van der Waals surface area contributed by atoms with Gasteiger partial charge >= 0.3 is 6.01 Å². The number of hydrogen-bond donors (Lipinski definition) is 1. The van der Waals surface area contributed by atoms with Crippen LogP contribution in [0.2, 0.25) is 0 Å². The Hall–Kier alpha value is -4.43. The van der Waals surface area contributed by atoms with Gasteiger partial charge in [-0.1, -0.05) is 18.7 Å². The molecule has 1 aromatic heterocycles. The molecule has 1 saturated heterocycles. The van der Waals surface area contributed by atoms with Crippen LogP contribution >= 0.6 is 0 Å². The fourth-order valence-electron chi connectivity index (χ4n) is 5.94. The first-order valence-corrected chi connectivity index (χ1v) is 14.7. The SMILES string of the molecule is [C-]#[N+]C[C@H]1CN(c2nc(O[C@H](C)COC3CC3)nc3c2CCN(c2cc(O)cc4cccc(F)c24)C3)CCN1C(=O)C=C. The van der Waals surface area contributed by atoms with Crippen molar-refractivity contribution in [3.05, 3.63) is 71.5 Å². The molecule has 0 unspecified atom stereocenters. The predicted molar refractivity (Wildman–Crippen MR) is 161 cm³/mol. The number of phenolic OH excluding ortho intramolecular Hbond substituents is 1. The number of fused-ring (bicyclic) bond motifs is 2. The maximum absolute atomic E-state index is 15.1. The maximum atomic E-state index is 15.1.